The Morgan fingerprint density at radius 1 is 0.867 bits per heavy atom. The molecule has 2 aromatic rings. The second kappa shape index (κ2) is 4.13. The van der Waals surface area contributed by atoms with Gasteiger partial charge in [-0.05, 0) is 29.8 Å². The molecule has 0 aliphatic rings. The standard InChI is InChI=1S/C12H8Cl2O/c13-9-3-6-11(12(14)7-9)8-1-4-10(15)5-2-8/h1-7,15H. The summed E-state index contributed by atoms with van der Waals surface area (Å²) in [6.07, 6.45) is 0. The van der Waals surface area contributed by atoms with Crippen LogP contribution in [-0.4, -0.2) is 5.11 Å². The molecule has 0 aromatic heterocycles. The van der Waals surface area contributed by atoms with E-state index in [4.69, 9.17) is 28.3 Å². The van der Waals surface area contributed by atoms with Crippen LogP contribution < -0.4 is 0 Å². The van der Waals surface area contributed by atoms with Crippen molar-refractivity contribution in [1.29, 1.82) is 0 Å². The Morgan fingerprint density at radius 3 is 2.13 bits per heavy atom. The van der Waals surface area contributed by atoms with Crippen molar-refractivity contribution >= 4 is 23.2 Å². The van der Waals surface area contributed by atoms with Gasteiger partial charge >= 0.3 is 0 Å². The lowest BCUT2D eigenvalue weighted by atomic mass is 10.1. The molecule has 1 nitrogen and oxygen atoms in total. The van der Waals surface area contributed by atoms with Gasteiger partial charge in [0.15, 0.2) is 0 Å². The molecule has 0 heterocycles. The Hall–Kier alpha value is -1.18. The maximum Gasteiger partial charge on any atom is 0.115 e. The molecular weight excluding hydrogens is 231 g/mol. The van der Waals surface area contributed by atoms with Gasteiger partial charge in [-0.3, -0.25) is 0 Å². The molecule has 0 bridgehead atoms. The van der Waals surface area contributed by atoms with Gasteiger partial charge in [-0.2, -0.15) is 0 Å². The summed E-state index contributed by atoms with van der Waals surface area (Å²) in [4.78, 5) is 0. The van der Waals surface area contributed by atoms with Gasteiger partial charge in [0.2, 0.25) is 0 Å². The van der Waals surface area contributed by atoms with Gasteiger partial charge < -0.3 is 5.11 Å². The summed E-state index contributed by atoms with van der Waals surface area (Å²) >= 11 is 11.9. The monoisotopic (exact) mass is 238 g/mol. The largest absolute Gasteiger partial charge is 0.508 e. The maximum atomic E-state index is 9.16. The molecule has 0 atom stereocenters. The second-order valence-electron chi connectivity index (χ2n) is 3.17. The Labute approximate surface area is 97.9 Å². The molecule has 0 radical (unpaired) electrons. The molecule has 2 rings (SSSR count). The molecule has 2 aromatic carbocycles. The molecule has 0 fully saturated rings. The van der Waals surface area contributed by atoms with E-state index in [-0.39, 0.29) is 5.75 Å². The SMILES string of the molecule is Oc1ccc(-c2ccc(Cl)cc2Cl)cc1. The summed E-state index contributed by atoms with van der Waals surface area (Å²) in [7, 11) is 0. The minimum Gasteiger partial charge on any atom is -0.508 e. The maximum absolute atomic E-state index is 9.16. The van der Waals surface area contributed by atoms with Crippen molar-refractivity contribution in [2.24, 2.45) is 0 Å². The highest BCUT2D eigenvalue weighted by atomic mass is 35.5. The molecule has 15 heavy (non-hydrogen) atoms. The molecular formula is C12H8Cl2O. The van der Waals surface area contributed by atoms with E-state index in [0.29, 0.717) is 10.0 Å². The number of hydrogen-bond acceptors (Lipinski definition) is 1. The molecule has 0 saturated heterocycles. The lowest BCUT2D eigenvalue weighted by molar-refractivity contribution is 0.475. The first kappa shape index (κ1) is 10.3. The second-order valence-corrected chi connectivity index (χ2v) is 4.01. The summed E-state index contributed by atoms with van der Waals surface area (Å²) in [5.41, 5.74) is 1.86. The average molecular weight is 239 g/mol. The minimum absolute atomic E-state index is 0.240. The van der Waals surface area contributed by atoms with Gasteiger partial charge in [0.05, 0.1) is 0 Å². The summed E-state index contributed by atoms with van der Waals surface area (Å²) in [6, 6.07) is 12.2. The van der Waals surface area contributed by atoms with Crippen LogP contribution >= 0.6 is 23.2 Å². The number of halogens is 2. The zero-order chi connectivity index (χ0) is 10.8. The number of rotatable bonds is 1. The van der Waals surface area contributed by atoms with Gasteiger partial charge in [-0.1, -0.05) is 41.4 Å². The molecule has 0 unspecified atom stereocenters. The summed E-state index contributed by atoms with van der Waals surface area (Å²) in [6.45, 7) is 0. The lowest BCUT2D eigenvalue weighted by Crippen LogP contribution is -1.79. The van der Waals surface area contributed by atoms with E-state index in [1.807, 2.05) is 18.2 Å². The van der Waals surface area contributed by atoms with Gasteiger partial charge in [-0.25, -0.2) is 0 Å². The van der Waals surface area contributed by atoms with Crippen LogP contribution in [0.1, 0.15) is 0 Å². The van der Waals surface area contributed by atoms with Gasteiger partial charge in [-0.15, -0.1) is 0 Å². The normalized spacial score (nSPS) is 10.3. The molecule has 0 aliphatic heterocycles. The Kier molecular flexibility index (Phi) is 2.85. The molecule has 1 N–H and O–H groups in total. The van der Waals surface area contributed by atoms with E-state index in [1.165, 1.54) is 0 Å². The zero-order valence-electron chi connectivity index (χ0n) is 7.74. The number of aromatic hydroxyl groups is 1. The van der Waals surface area contributed by atoms with Crippen LogP contribution in [0.15, 0.2) is 42.5 Å². The highest BCUT2D eigenvalue weighted by molar-refractivity contribution is 6.36. The first-order valence-electron chi connectivity index (χ1n) is 4.41. The fourth-order valence-corrected chi connectivity index (χ4v) is 1.88. The van der Waals surface area contributed by atoms with Crippen LogP contribution in [0.4, 0.5) is 0 Å². The Morgan fingerprint density at radius 2 is 1.53 bits per heavy atom. The van der Waals surface area contributed by atoms with E-state index in [2.05, 4.69) is 0 Å². The van der Waals surface area contributed by atoms with Gasteiger partial charge in [0.1, 0.15) is 5.75 Å². The predicted molar refractivity (Wildman–Crippen MR) is 63.6 cm³/mol. The fraction of sp³-hybridized carbons (Fsp3) is 0. The van der Waals surface area contributed by atoms with Crippen molar-refractivity contribution in [3.63, 3.8) is 0 Å². The summed E-state index contributed by atoms with van der Waals surface area (Å²) in [5.74, 6) is 0.240. The van der Waals surface area contributed by atoms with Gasteiger partial charge in [0.25, 0.3) is 0 Å². The predicted octanol–water partition coefficient (Wildman–Crippen LogP) is 4.37. The number of hydrogen-bond donors (Lipinski definition) is 1. The van der Waals surface area contributed by atoms with Crippen LogP contribution in [0.5, 0.6) is 5.75 Å². The number of phenolic OH excluding ortho intramolecular Hbond substituents is 1. The van der Waals surface area contributed by atoms with E-state index < -0.39 is 0 Å². The lowest BCUT2D eigenvalue weighted by Gasteiger charge is -2.04. The first-order valence-corrected chi connectivity index (χ1v) is 5.17. The molecule has 0 aliphatic carbocycles. The summed E-state index contributed by atoms with van der Waals surface area (Å²) in [5, 5.41) is 10.4. The quantitative estimate of drug-likeness (QED) is 0.783. The first-order chi connectivity index (χ1) is 7.16. The van der Waals surface area contributed by atoms with E-state index in [0.717, 1.165) is 11.1 Å². The molecule has 0 spiro atoms. The highest BCUT2D eigenvalue weighted by Gasteiger charge is 2.03. The van der Waals surface area contributed by atoms with Crippen LogP contribution in [0.25, 0.3) is 11.1 Å². The van der Waals surface area contributed by atoms with Crippen molar-refractivity contribution in [1.82, 2.24) is 0 Å². The average Bonchev–Trinajstić information content (AvgIpc) is 2.20. The Bertz CT molecular complexity index is 477. The highest BCUT2D eigenvalue weighted by Crippen LogP contribution is 2.30. The molecule has 76 valence electrons. The number of benzene rings is 2. The summed E-state index contributed by atoms with van der Waals surface area (Å²) < 4.78 is 0. The smallest absolute Gasteiger partial charge is 0.115 e. The van der Waals surface area contributed by atoms with Gasteiger partial charge in [0, 0.05) is 15.6 Å². The van der Waals surface area contributed by atoms with Crippen LogP contribution in [0, 0.1) is 0 Å². The van der Waals surface area contributed by atoms with Crippen molar-refractivity contribution in [3.8, 4) is 16.9 Å². The van der Waals surface area contributed by atoms with E-state index >= 15 is 0 Å². The van der Waals surface area contributed by atoms with Crippen molar-refractivity contribution in [2.75, 3.05) is 0 Å². The van der Waals surface area contributed by atoms with Crippen LogP contribution in [0.3, 0.4) is 0 Å². The molecule has 0 saturated carbocycles. The van der Waals surface area contributed by atoms with Crippen molar-refractivity contribution in [2.45, 2.75) is 0 Å². The van der Waals surface area contributed by atoms with E-state index in [9.17, 15) is 0 Å². The minimum atomic E-state index is 0.240. The molecule has 3 heteroatoms. The fourth-order valence-electron chi connectivity index (χ4n) is 1.36. The van der Waals surface area contributed by atoms with Crippen molar-refractivity contribution in [3.05, 3.63) is 52.5 Å². The number of phenols is 1. The zero-order valence-corrected chi connectivity index (χ0v) is 9.26. The van der Waals surface area contributed by atoms with Crippen LogP contribution in [-0.2, 0) is 0 Å². The third-order valence-electron chi connectivity index (χ3n) is 2.11. The molecule has 0 amide bonds. The third kappa shape index (κ3) is 2.25. The van der Waals surface area contributed by atoms with Crippen LogP contribution in [0.2, 0.25) is 10.0 Å². The van der Waals surface area contributed by atoms with E-state index in [1.54, 1.807) is 24.3 Å². The topological polar surface area (TPSA) is 20.2 Å². The third-order valence-corrected chi connectivity index (χ3v) is 2.66. The van der Waals surface area contributed by atoms with Crippen molar-refractivity contribution < 1.29 is 5.11 Å². The Balaban J connectivity index is 2.49.